The molecule has 1 aliphatic heterocycles. The van der Waals surface area contributed by atoms with Crippen LogP contribution in [0.2, 0.25) is 0 Å². The Bertz CT molecular complexity index is 248. The van der Waals surface area contributed by atoms with Crippen LogP contribution in [-0.2, 0) is 9.47 Å². The average Bonchev–Trinajstić information content (AvgIpc) is 2.16. The lowest BCUT2D eigenvalue weighted by atomic mass is 9.91. The van der Waals surface area contributed by atoms with E-state index in [9.17, 15) is 13.2 Å². The molecule has 0 aromatic carbocycles. The van der Waals surface area contributed by atoms with Crippen LogP contribution in [0.5, 0.6) is 0 Å². The van der Waals surface area contributed by atoms with Crippen molar-refractivity contribution in [2.75, 3.05) is 13.7 Å². The molecule has 1 fully saturated rings. The number of hydrogen-bond donors (Lipinski definition) is 0. The van der Waals surface area contributed by atoms with Crippen LogP contribution in [0.25, 0.3) is 0 Å². The van der Waals surface area contributed by atoms with E-state index in [1.807, 2.05) is 0 Å². The molecule has 0 spiro atoms. The predicted molar refractivity (Wildman–Crippen MR) is 40.4 cm³/mol. The van der Waals surface area contributed by atoms with Gasteiger partial charge in [0.15, 0.2) is 11.7 Å². The number of methoxy groups -OCH3 is 1. The quantitative estimate of drug-likeness (QED) is 0.659. The second kappa shape index (κ2) is 3.75. The summed E-state index contributed by atoms with van der Waals surface area (Å²) in [6.45, 7) is -0.106. The molecule has 0 radical (unpaired) electrons. The molecular weight excluding hydrogens is 199 g/mol. The maximum atomic E-state index is 12.3. The maximum absolute atomic E-state index is 12.3. The van der Waals surface area contributed by atoms with Gasteiger partial charge in [-0.25, -0.2) is 0 Å². The molecule has 3 nitrogen and oxygen atoms in total. The number of rotatable bonds is 1. The molecule has 2 atom stereocenters. The largest absolute Gasteiger partial charge is 0.414 e. The van der Waals surface area contributed by atoms with Crippen LogP contribution in [-0.4, -0.2) is 31.6 Å². The van der Waals surface area contributed by atoms with Crippen LogP contribution < -0.4 is 0 Å². The van der Waals surface area contributed by atoms with E-state index < -0.39 is 24.3 Å². The van der Waals surface area contributed by atoms with Gasteiger partial charge in [0, 0.05) is 20.0 Å². The fourth-order valence-corrected chi connectivity index (χ4v) is 1.37. The lowest BCUT2D eigenvalue weighted by Gasteiger charge is -2.35. The number of nitriles is 1. The zero-order chi connectivity index (χ0) is 10.8. The first kappa shape index (κ1) is 11.3. The van der Waals surface area contributed by atoms with Crippen LogP contribution in [0, 0.1) is 11.3 Å². The summed E-state index contributed by atoms with van der Waals surface area (Å²) in [4.78, 5) is 0. The Hall–Kier alpha value is -0.800. The van der Waals surface area contributed by atoms with Crippen molar-refractivity contribution in [2.24, 2.45) is 0 Å². The van der Waals surface area contributed by atoms with E-state index in [0.29, 0.717) is 0 Å². The Kier molecular flexibility index (Phi) is 3.02. The van der Waals surface area contributed by atoms with E-state index in [4.69, 9.17) is 10.00 Å². The van der Waals surface area contributed by atoms with Crippen molar-refractivity contribution in [3.05, 3.63) is 0 Å². The highest BCUT2D eigenvalue weighted by molar-refractivity contribution is 5.05. The SMILES string of the molecule is COC1(C#N)CCOC(C(F)(F)F)C1. The highest BCUT2D eigenvalue weighted by Gasteiger charge is 2.49. The summed E-state index contributed by atoms with van der Waals surface area (Å²) in [5, 5.41) is 8.73. The monoisotopic (exact) mass is 209 g/mol. The van der Waals surface area contributed by atoms with Crippen LogP contribution in [0.1, 0.15) is 12.8 Å². The topological polar surface area (TPSA) is 42.2 Å². The summed E-state index contributed by atoms with van der Waals surface area (Å²) >= 11 is 0. The van der Waals surface area contributed by atoms with Gasteiger partial charge in [0.1, 0.15) is 0 Å². The van der Waals surface area contributed by atoms with E-state index >= 15 is 0 Å². The van der Waals surface area contributed by atoms with Crippen molar-refractivity contribution in [1.29, 1.82) is 5.26 Å². The Morgan fingerprint density at radius 3 is 2.64 bits per heavy atom. The van der Waals surface area contributed by atoms with Crippen molar-refractivity contribution < 1.29 is 22.6 Å². The summed E-state index contributed by atoms with van der Waals surface area (Å²) in [7, 11) is 1.24. The summed E-state index contributed by atoms with van der Waals surface area (Å²) in [5.41, 5.74) is -1.35. The van der Waals surface area contributed by atoms with Gasteiger partial charge in [-0.1, -0.05) is 0 Å². The average molecular weight is 209 g/mol. The molecule has 1 rings (SSSR count). The van der Waals surface area contributed by atoms with Gasteiger partial charge in [-0.3, -0.25) is 0 Å². The van der Waals surface area contributed by atoms with Gasteiger partial charge < -0.3 is 9.47 Å². The van der Waals surface area contributed by atoms with Gasteiger partial charge in [-0.15, -0.1) is 0 Å². The first-order chi connectivity index (χ1) is 6.43. The standard InChI is InChI=1S/C8H10F3NO2/c1-13-7(5-12)2-3-14-6(4-7)8(9,10)11/h6H,2-4H2,1H3. The zero-order valence-corrected chi connectivity index (χ0v) is 7.60. The molecule has 0 saturated carbocycles. The van der Waals surface area contributed by atoms with Crippen LogP contribution in [0.3, 0.4) is 0 Å². The minimum absolute atomic E-state index is 0.106. The lowest BCUT2D eigenvalue weighted by molar-refractivity contribution is -0.249. The minimum atomic E-state index is -4.43. The molecular formula is C8H10F3NO2. The molecule has 0 aliphatic carbocycles. The van der Waals surface area contributed by atoms with Crippen LogP contribution in [0.15, 0.2) is 0 Å². The maximum Gasteiger partial charge on any atom is 0.414 e. The zero-order valence-electron chi connectivity index (χ0n) is 7.60. The Labute approximate surface area is 79.4 Å². The highest BCUT2D eigenvalue weighted by Crippen LogP contribution is 2.35. The van der Waals surface area contributed by atoms with Gasteiger partial charge in [0.05, 0.1) is 12.7 Å². The summed E-state index contributed by atoms with van der Waals surface area (Å²) in [6, 6.07) is 1.77. The number of nitrogens with zero attached hydrogens (tertiary/aromatic N) is 1. The molecule has 2 unspecified atom stereocenters. The molecule has 0 aromatic rings. The Balaban J connectivity index is 2.74. The summed E-state index contributed by atoms with van der Waals surface area (Å²) in [5.74, 6) is 0. The second-order valence-corrected chi connectivity index (χ2v) is 3.17. The molecule has 6 heteroatoms. The van der Waals surface area contributed by atoms with E-state index in [0.717, 1.165) is 0 Å². The van der Waals surface area contributed by atoms with Crippen molar-refractivity contribution in [3.63, 3.8) is 0 Å². The van der Waals surface area contributed by atoms with E-state index in [-0.39, 0.29) is 13.0 Å². The van der Waals surface area contributed by atoms with E-state index in [1.165, 1.54) is 7.11 Å². The molecule has 80 valence electrons. The normalized spacial score (nSPS) is 33.8. The van der Waals surface area contributed by atoms with E-state index in [1.54, 1.807) is 6.07 Å². The molecule has 1 aliphatic rings. The van der Waals surface area contributed by atoms with Crippen molar-refractivity contribution in [2.45, 2.75) is 30.7 Å². The number of halogens is 3. The fourth-order valence-electron chi connectivity index (χ4n) is 1.37. The summed E-state index contributed by atoms with van der Waals surface area (Å²) in [6.07, 6.45) is -6.60. The van der Waals surface area contributed by atoms with Crippen molar-refractivity contribution in [3.8, 4) is 6.07 Å². The predicted octanol–water partition coefficient (Wildman–Crippen LogP) is 1.64. The number of ether oxygens (including phenoxy) is 2. The molecule has 0 bridgehead atoms. The first-order valence-electron chi connectivity index (χ1n) is 4.08. The van der Waals surface area contributed by atoms with Crippen molar-refractivity contribution >= 4 is 0 Å². The minimum Gasteiger partial charge on any atom is -0.368 e. The third-order valence-corrected chi connectivity index (χ3v) is 2.30. The lowest BCUT2D eigenvalue weighted by Crippen LogP contribution is -2.47. The number of hydrogen-bond acceptors (Lipinski definition) is 3. The van der Waals surface area contributed by atoms with Gasteiger partial charge in [-0.2, -0.15) is 18.4 Å². The molecule has 1 heterocycles. The fraction of sp³-hybridized carbons (Fsp3) is 0.875. The first-order valence-corrected chi connectivity index (χ1v) is 4.08. The van der Waals surface area contributed by atoms with Gasteiger partial charge in [-0.05, 0) is 0 Å². The molecule has 14 heavy (non-hydrogen) atoms. The number of alkyl halides is 3. The Morgan fingerprint density at radius 1 is 1.57 bits per heavy atom. The molecule has 0 N–H and O–H groups in total. The third kappa shape index (κ3) is 2.16. The molecule has 1 saturated heterocycles. The van der Waals surface area contributed by atoms with Gasteiger partial charge >= 0.3 is 6.18 Å². The van der Waals surface area contributed by atoms with Crippen LogP contribution >= 0.6 is 0 Å². The smallest absolute Gasteiger partial charge is 0.368 e. The third-order valence-electron chi connectivity index (χ3n) is 2.30. The highest BCUT2D eigenvalue weighted by atomic mass is 19.4. The second-order valence-electron chi connectivity index (χ2n) is 3.17. The Morgan fingerprint density at radius 2 is 2.21 bits per heavy atom. The van der Waals surface area contributed by atoms with Crippen LogP contribution in [0.4, 0.5) is 13.2 Å². The van der Waals surface area contributed by atoms with E-state index in [2.05, 4.69) is 4.74 Å². The summed E-state index contributed by atoms with van der Waals surface area (Å²) < 4.78 is 46.2. The molecule has 0 aromatic heterocycles. The molecule has 0 amide bonds. The van der Waals surface area contributed by atoms with Crippen molar-refractivity contribution in [1.82, 2.24) is 0 Å². The van der Waals surface area contributed by atoms with Gasteiger partial charge in [0.2, 0.25) is 0 Å². The van der Waals surface area contributed by atoms with Gasteiger partial charge in [0.25, 0.3) is 0 Å².